The Balaban J connectivity index is 1.90. The maximum atomic E-state index is 14.2. The van der Waals surface area contributed by atoms with Gasteiger partial charge in [-0.15, -0.1) is 0 Å². The normalized spacial score (nSPS) is 34.9. The van der Waals surface area contributed by atoms with Crippen LogP contribution in [0.3, 0.4) is 0 Å². The number of ether oxygens (including phenoxy) is 6. The minimum Gasteiger partial charge on any atom is -0.495 e. The number of likely N-dealkylation sites (N-methyl/N-ethyl adjacent to an activating group) is 2. The fourth-order valence-corrected chi connectivity index (χ4v) is 7.13. The molecule has 2 fully saturated rings. The van der Waals surface area contributed by atoms with Gasteiger partial charge in [-0.3, -0.25) is 14.9 Å². The predicted octanol–water partition coefficient (Wildman–Crippen LogP) is 2.48. The molecule has 3 aliphatic heterocycles. The molecule has 1 aromatic rings. The second-order valence-electron chi connectivity index (χ2n) is 13.4. The summed E-state index contributed by atoms with van der Waals surface area (Å²) in [6.45, 7) is 7.68. The molecule has 15 nitrogen and oxygen atoms in total. The number of hydrogen-bond acceptors (Lipinski definition) is 12. The lowest BCUT2D eigenvalue weighted by Gasteiger charge is -2.43. The van der Waals surface area contributed by atoms with Gasteiger partial charge in [-0.05, 0) is 44.9 Å². The Bertz CT molecular complexity index is 1600. The molecule has 0 radical (unpaired) electrons. The van der Waals surface area contributed by atoms with E-state index in [2.05, 4.69) is 5.32 Å². The summed E-state index contributed by atoms with van der Waals surface area (Å²) in [7, 11) is 6.93. The van der Waals surface area contributed by atoms with E-state index in [9.17, 15) is 29.4 Å². The molecule has 16 heteroatoms. The van der Waals surface area contributed by atoms with Gasteiger partial charge in [-0.25, -0.2) is 9.59 Å². The third-order valence-corrected chi connectivity index (χ3v) is 10.6. The number of methoxy groups -OCH3 is 3. The number of allylic oxidation sites excluding steroid dienone is 3. The molecule has 2 saturated heterocycles. The van der Waals surface area contributed by atoms with Gasteiger partial charge in [0.15, 0.2) is 23.5 Å². The van der Waals surface area contributed by atoms with Gasteiger partial charge in [-0.2, -0.15) is 0 Å². The molecule has 0 aliphatic carbocycles. The summed E-state index contributed by atoms with van der Waals surface area (Å²) in [4.78, 5) is 55.0. The first kappa shape index (κ1) is 40.0. The Morgan fingerprint density at radius 2 is 1.88 bits per heavy atom. The van der Waals surface area contributed by atoms with Crippen molar-refractivity contribution in [1.29, 1.82) is 0 Å². The van der Waals surface area contributed by atoms with Gasteiger partial charge >= 0.3 is 12.1 Å². The minimum absolute atomic E-state index is 0.0912. The first-order chi connectivity index (χ1) is 23.8. The van der Waals surface area contributed by atoms with E-state index in [1.54, 1.807) is 37.3 Å². The molecule has 3 aliphatic rings. The molecule has 0 spiro atoms. The molecule has 3 heterocycles. The monoisotopic (exact) mass is 737 g/mol. The second-order valence-corrected chi connectivity index (χ2v) is 13.8. The quantitative estimate of drug-likeness (QED) is 0.287. The molecule has 0 aromatic heterocycles. The van der Waals surface area contributed by atoms with Crippen LogP contribution in [0.4, 0.5) is 10.5 Å². The molecule has 282 valence electrons. The van der Waals surface area contributed by atoms with Crippen molar-refractivity contribution >= 4 is 41.2 Å². The Morgan fingerprint density at radius 1 is 1.22 bits per heavy atom. The number of alkyl carbamates (subject to hydrolysis) is 1. The number of esters is 1. The molecule has 0 saturated carbocycles. The van der Waals surface area contributed by atoms with Crippen molar-refractivity contribution in [3.05, 3.63) is 46.5 Å². The molecular formula is C35H48ClN3O12. The summed E-state index contributed by atoms with van der Waals surface area (Å²) < 4.78 is 34.7. The molecule has 3 amide bonds. The van der Waals surface area contributed by atoms with E-state index in [0.29, 0.717) is 12.0 Å². The predicted molar refractivity (Wildman–Crippen MR) is 184 cm³/mol. The summed E-state index contributed by atoms with van der Waals surface area (Å²) in [5.41, 5.74) is -1.92. The number of anilines is 1. The van der Waals surface area contributed by atoms with Crippen molar-refractivity contribution in [2.75, 3.05) is 40.3 Å². The SMILES string of the molecule is COc1cc2cc(c1Cl)N(C)C(=O)C(O)[C@H](OC(=O)[C@H](C)N(C)C(C)=O)[C@]1(C)O[C@@]1(OC)[C@H](C)[C@@H]1C[C@@](O)(NC(=O)O1)C(OC)/C=C/C=C(\C)C2. The van der Waals surface area contributed by atoms with Crippen LogP contribution in [-0.4, -0.2) is 122 Å². The van der Waals surface area contributed by atoms with E-state index in [1.165, 1.54) is 56.2 Å². The van der Waals surface area contributed by atoms with Gasteiger partial charge in [0.05, 0.1) is 18.7 Å². The first-order valence-electron chi connectivity index (χ1n) is 16.4. The lowest BCUT2D eigenvalue weighted by molar-refractivity contribution is -0.172. The van der Waals surface area contributed by atoms with E-state index in [4.69, 9.17) is 40.0 Å². The summed E-state index contributed by atoms with van der Waals surface area (Å²) in [6, 6.07) is 2.26. The number of rotatable bonds is 6. The van der Waals surface area contributed by atoms with Crippen molar-refractivity contribution < 1.29 is 57.8 Å². The van der Waals surface area contributed by atoms with Gasteiger partial charge in [0, 0.05) is 41.7 Å². The van der Waals surface area contributed by atoms with Crippen LogP contribution in [0.1, 0.15) is 46.6 Å². The van der Waals surface area contributed by atoms with Crippen LogP contribution in [0.2, 0.25) is 5.02 Å². The van der Waals surface area contributed by atoms with Crippen LogP contribution in [-0.2, 0) is 44.5 Å². The van der Waals surface area contributed by atoms with Gasteiger partial charge < -0.3 is 48.4 Å². The zero-order valence-corrected chi connectivity index (χ0v) is 31.3. The summed E-state index contributed by atoms with van der Waals surface area (Å²) in [5, 5.41) is 26.2. The molecule has 4 bridgehead atoms. The number of amides is 3. The zero-order chi connectivity index (χ0) is 38.2. The highest BCUT2D eigenvalue weighted by Gasteiger charge is 2.78. The number of carbonyl (C=O) groups is 4. The Hall–Kier alpha value is -3.73. The average molecular weight is 738 g/mol. The summed E-state index contributed by atoms with van der Waals surface area (Å²) in [6.07, 6.45) is -1.58. The van der Waals surface area contributed by atoms with Gasteiger partial charge in [0.1, 0.15) is 29.0 Å². The third kappa shape index (κ3) is 7.46. The number of epoxide rings is 1. The number of hydrogen-bond donors (Lipinski definition) is 3. The number of aliphatic hydroxyl groups is 2. The minimum atomic E-state index is -2.08. The topological polar surface area (TPSA) is 186 Å². The lowest BCUT2D eigenvalue weighted by Crippen LogP contribution is -2.64. The lowest BCUT2D eigenvalue weighted by atomic mass is 9.80. The highest BCUT2D eigenvalue weighted by molar-refractivity contribution is 6.35. The fraction of sp³-hybridized carbons (Fsp3) is 0.600. The Morgan fingerprint density at radius 3 is 2.47 bits per heavy atom. The Kier molecular flexibility index (Phi) is 11.8. The molecule has 2 unspecified atom stereocenters. The van der Waals surface area contributed by atoms with E-state index >= 15 is 0 Å². The number of carbonyl (C=O) groups excluding carboxylic acids is 4. The fourth-order valence-electron chi connectivity index (χ4n) is 6.82. The molecule has 3 N–H and O–H groups in total. The first-order valence-corrected chi connectivity index (χ1v) is 16.8. The van der Waals surface area contributed by atoms with Gasteiger partial charge in [0.25, 0.3) is 5.91 Å². The van der Waals surface area contributed by atoms with E-state index < -0.39 is 77.4 Å². The number of nitrogens with one attached hydrogen (secondary N) is 1. The smallest absolute Gasteiger partial charge is 0.409 e. The highest BCUT2D eigenvalue weighted by atomic mass is 35.5. The standard InChI is InChI=1S/C35H48ClN3O12/c1-18-12-11-13-26(47-9)34(45)17-25(49-32(44)37-34)19(2)35(48-10)33(5,51-35)29(50-31(43)20(3)38(6)21(4)40)28(41)30(42)39(7)23-15-22(14-18)16-24(46-8)27(23)36/h11-13,15-16,19-20,25-26,28-29,41,45H,14,17H2,1-10H3,(H,37,44)/b13-11+,18-12+/t19-,20+,25+,26?,28?,29+,33+,34+,35+/m1/s1. The molecule has 4 rings (SSSR count). The third-order valence-electron chi connectivity index (χ3n) is 10.2. The maximum absolute atomic E-state index is 14.2. The van der Waals surface area contributed by atoms with Crippen LogP contribution in [0, 0.1) is 5.92 Å². The molecule has 9 atom stereocenters. The van der Waals surface area contributed by atoms with Gasteiger partial charge in [-0.1, -0.05) is 42.3 Å². The van der Waals surface area contributed by atoms with Crippen molar-refractivity contribution in [3.63, 3.8) is 0 Å². The van der Waals surface area contributed by atoms with Crippen molar-refractivity contribution in [2.45, 2.75) is 95.0 Å². The van der Waals surface area contributed by atoms with E-state index in [1.807, 2.05) is 6.92 Å². The zero-order valence-electron chi connectivity index (χ0n) is 30.5. The van der Waals surface area contributed by atoms with Crippen LogP contribution in [0.15, 0.2) is 35.9 Å². The average Bonchev–Trinajstić information content (AvgIpc) is 3.72. The largest absolute Gasteiger partial charge is 0.495 e. The van der Waals surface area contributed by atoms with E-state index in [-0.39, 0.29) is 22.9 Å². The van der Waals surface area contributed by atoms with Crippen LogP contribution in [0.5, 0.6) is 5.75 Å². The highest BCUT2D eigenvalue weighted by Crippen LogP contribution is 2.59. The van der Waals surface area contributed by atoms with Crippen LogP contribution >= 0.6 is 11.6 Å². The van der Waals surface area contributed by atoms with Crippen LogP contribution in [0.25, 0.3) is 0 Å². The van der Waals surface area contributed by atoms with Gasteiger partial charge in [0.2, 0.25) is 11.7 Å². The van der Waals surface area contributed by atoms with Crippen LogP contribution < -0.4 is 15.0 Å². The molecular weight excluding hydrogens is 690 g/mol. The number of benzene rings is 1. The number of nitrogens with zero attached hydrogens (tertiary/aromatic N) is 2. The van der Waals surface area contributed by atoms with Crippen molar-refractivity contribution in [2.24, 2.45) is 5.92 Å². The number of fused-ring (bicyclic) bond motifs is 5. The summed E-state index contributed by atoms with van der Waals surface area (Å²) in [5.74, 6) is -4.66. The molecule has 1 aromatic carbocycles. The second kappa shape index (κ2) is 15.1. The summed E-state index contributed by atoms with van der Waals surface area (Å²) >= 11 is 6.70. The number of aliphatic hydroxyl groups excluding tert-OH is 1. The molecule has 51 heavy (non-hydrogen) atoms. The van der Waals surface area contributed by atoms with Crippen molar-refractivity contribution in [1.82, 2.24) is 10.2 Å². The maximum Gasteiger partial charge on any atom is 0.409 e. The van der Waals surface area contributed by atoms with E-state index in [0.717, 1.165) is 15.4 Å². The Labute approximate surface area is 302 Å². The number of halogens is 1. The van der Waals surface area contributed by atoms with Crippen molar-refractivity contribution in [3.8, 4) is 5.75 Å².